The van der Waals surface area contributed by atoms with Gasteiger partial charge in [0.15, 0.2) is 0 Å². The molecule has 0 saturated heterocycles. The van der Waals surface area contributed by atoms with E-state index >= 15 is 0 Å². The summed E-state index contributed by atoms with van der Waals surface area (Å²) in [5, 5.41) is 0. The summed E-state index contributed by atoms with van der Waals surface area (Å²) in [5.74, 6) is -0.306. The van der Waals surface area contributed by atoms with Crippen LogP contribution in [0.4, 0.5) is 4.39 Å². The molecule has 0 N–H and O–H groups in total. The fourth-order valence-electron chi connectivity index (χ4n) is 3.63. The van der Waals surface area contributed by atoms with E-state index < -0.39 is 0 Å². The van der Waals surface area contributed by atoms with Gasteiger partial charge in [-0.05, 0) is 47.0 Å². The Morgan fingerprint density at radius 1 is 0.812 bits per heavy atom. The van der Waals surface area contributed by atoms with Crippen LogP contribution < -0.4 is 0 Å². The first-order valence-corrected chi connectivity index (χ1v) is 10.6. The van der Waals surface area contributed by atoms with Crippen molar-refractivity contribution in [2.24, 2.45) is 0 Å². The van der Waals surface area contributed by atoms with Crippen LogP contribution in [0, 0.1) is 5.82 Å². The van der Waals surface area contributed by atoms with Gasteiger partial charge in [0.2, 0.25) is 5.91 Å². The Bertz CT molecular complexity index is 1180. The average Bonchev–Trinajstić information content (AvgIpc) is 3.25. The van der Waals surface area contributed by atoms with E-state index in [2.05, 4.69) is 4.57 Å². The van der Waals surface area contributed by atoms with Gasteiger partial charge in [-0.1, -0.05) is 72.8 Å². The molecule has 0 aliphatic rings. The molecule has 0 unspecified atom stereocenters. The highest BCUT2D eigenvalue weighted by atomic mass is 19.1. The van der Waals surface area contributed by atoms with E-state index in [0.29, 0.717) is 19.6 Å². The fraction of sp³-hybridized carbons (Fsp3) is 0.107. The molecule has 0 fully saturated rings. The molecule has 0 spiro atoms. The topological polar surface area (TPSA) is 25.2 Å². The summed E-state index contributed by atoms with van der Waals surface area (Å²) in [6, 6.07) is 30.3. The van der Waals surface area contributed by atoms with Crippen LogP contribution in [0.25, 0.3) is 6.08 Å². The van der Waals surface area contributed by atoms with E-state index in [9.17, 15) is 9.18 Å². The first kappa shape index (κ1) is 21.3. The zero-order chi connectivity index (χ0) is 22.2. The van der Waals surface area contributed by atoms with E-state index in [1.54, 1.807) is 18.2 Å². The lowest BCUT2D eigenvalue weighted by Crippen LogP contribution is -2.29. The van der Waals surface area contributed by atoms with E-state index in [0.717, 1.165) is 22.4 Å². The first-order valence-electron chi connectivity index (χ1n) is 10.6. The number of halogens is 1. The molecule has 3 nitrogen and oxygen atoms in total. The van der Waals surface area contributed by atoms with Gasteiger partial charge < -0.3 is 9.47 Å². The Morgan fingerprint density at radius 3 is 2.28 bits per heavy atom. The summed E-state index contributed by atoms with van der Waals surface area (Å²) < 4.78 is 15.7. The van der Waals surface area contributed by atoms with Gasteiger partial charge in [0.05, 0.1) is 6.54 Å². The molecule has 32 heavy (non-hydrogen) atoms. The highest BCUT2D eigenvalue weighted by Gasteiger charge is 2.15. The Morgan fingerprint density at radius 2 is 1.53 bits per heavy atom. The molecule has 4 aromatic rings. The van der Waals surface area contributed by atoms with E-state index in [1.165, 1.54) is 6.07 Å². The lowest BCUT2D eigenvalue weighted by Gasteiger charge is -2.23. The summed E-state index contributed by atoms with van der Waals surface area (Å²) in [5.41, 5.74) is 3.92. The fourth-order valence-corrected chi connectivity index (χ4v) is 3.63. The summed E-state index contributed by atoms with van der Waals surface area (Å²) in [4.78, 5) is 15.0. The second kappa shape index (κ2) is 10.4. The molecule has 0 atom stereocenters. The SMILES string of the molecule is O=C(C=Cc1ccccc1)N(Cc1ccccc1)Cc1cccn1Cc1cccc(F)c1. The number of aromatic nitrogens is 1. The minimum atomic E-state index is -0.247. The van der Waals surface area contributed by atoms with Gasteiger partial charge in [0.25, 0.3) is 0 Å². The third-order valence-corrected chi connectivity index (χ3v) is 5.26. The lowest BCUT2D eigenvalue weighted by atomic mass is 10.2. The normalized spacial score (nSPS) is 11.0. The minimum absolute atomic E-state index is 0.0591. The number of amides is 1. The molecule has 1 aromatic heterocycles. The van der Waals surface area contributed by atoms with Crippen molar-refractivity contribution in [1.29, 1.82) is 0 Å². The van der Waals surface area contributed by atoms with Crippen molar-refractivity contribution < 1.29 is 9.18 Å². The van der Waals surface area contributed by atoms with Crippen molar-refractivity contribution in [3.63, 3.8) is 0 Å². The molecule has 4 rings (SSSR count). The van der Waals surface area contributed by atoms with Crippen LogP contribution in [0.3, 0.4) is 0 Å². The molecule has 0 bridgehead atoms. The largest absolute Gasteiger partial charge is 0.345 e. The van der Waals surface area contributed by atoms with Crippen LogP contribution in [0.1, 0.15) is 22.4 Å². The molecule has 1 heterocycles. The number of nitrogens with zero attached hydrogens (tertiary/aromatic N) is 2. The van der Waals surface area contributed by atoms with Crippen LogP contribution in [0.15, 0.2) is 109 Å². The van der Waals surface area contributed by atoms with Crippen molar-refractivity contribution in [2.45, 2.75) is 19.6 Å². The number of hydrogen-bond acceptors (Lipinski definition) is 1. The third kappa shape index (κ3) is 5.82. The van der Waals surface area contributed by atoms with Crippen LogP contribution in [0.2, 0.25) is 0 Å². The smallest absolute Gasteiger partial charge is 0.247 e. The van der Waals surface area contributed by atoms with Gasteiger partial charge in [-0.25, -0.2) is 4.39 Å². The number of benzene rings is 3. The zero-order valence-corrected chi connectivity index (χ0v) is 17.8. The third-order valence-electron chi connectivity index (χ3n) is 5.26. The quantitative estimate of drug-likeness (QED) is 0.323. The second-order valence-electron chi connectivity index (χ2n) is 7.68. The summed E-state index contributed by atoms with van der Waals surface area (Å²) in [6.45, 7) is 1.51. The van der Waals surface area contributed by atoms with Crippen molar-refractivity contribution >= 4 is 12.0 Å². The first-order chi connectivity index (χ1) is 15.7. The Balaban J connectivity index is 1.55. The molecular weight excluding hydrogens is 399 g/mol. The minimum Gasteiger partial charge on any atom is -0.345 e. The Hall–Kier alpha value is -3.92. The van der Waals surface area contributed by atoms with Gasteiger partial charge in [0.1, 0.15) is 5.82 Å². The predicted molar refractivity (Wildman–Crippen MR) is 126 cm³/mol. The average molecular weight is 425 g/mol. The maximum Gasteiger partial charge on any atom is 0.247 e. The highest BCUT2D eigenvalue weighted by molar-refractivity contribution is 5.91. The second-order valence-corrected chi connectivity index (χ2v) is 7.68. The van der Waals surface area contributed by atoms with Crippen LogP contribution in [0.5, 0.6) is 0 Å². The van der Waals surface area contributed by atoms with Gasteiger partial charge in [0, 0.05) is 31.1 Å². The highest BCUT2D eigenvalue weighted by Crippen LogP contribution is 2.15. The number of carbonyl (C=O) groups is 1. The van der Waals surface area contributed by atoms with Gasteiger partial charge in [-0.15, -0.1) is 0 Å². The van der Waals surface area contributed by atoms with Gasteiger partial charge >= 0.3 is 0 Å². The van der Waals surface area contributed by atoms with Crippen LogP contribution in [-0.2, 0) is 24.4 Å². The standard InChI is InChI=1S/C28H25FN2O/c29-26-14-7-13-25(19-26)21-30-18-8-15-27(30)22-31(20-24-11-5-2-6-12-24)28(32)17-16-23-9-3-1-4-10-23/h1-19H,20-22H2. The van der Waals surface area contributed by atoms with Crippen molar-refractivity contribution in [1.82, 2.24) is 9.47 Å². The predicted octanol–water partition coefficient (Wildman–Crippen LogP) is 5.92. The van der Waals surface area contributed by atoms with Crippen LogP contribution in [-0.4, -0.2) is 15.4 Å². The monoisotopic (exact) mass is 424 g/mol. The molecule has 0 aliphatic carbocycles. The van der Waals surface area contributed by atoms with Gasteiger partial charge in [-0.2, -0.15) is 0 Å². The van der Waals surface area contributed by atoms with E-state index in [-0.39, 0.29) is 11.7 Å². The number of carbonyl (C=O) groups excluding carboxylic acids is 1. The summed E-state index contributed by atoms with van der Waals surface area (Å²) >= 11 is 0. The van der Waals surface area contributed by atoms with Crippen LogP contribution >= 0.6 is 0 Å². The zero-order valence-electron chi connectivity index (χ0n) is 17.8. The Kier molecular flexibility index (Phi) is 6.93. The molecule has 0 aliphatic heterocycles. The van der Waals surface area contributed by atoms with E-state index in [1.807, 2.05) is 96.0 Å². The molecule has 0 saturated carbocycles. The van der Waals surface area contributed by atoms with Crippen molar-refractivity contribution in [3.8, 4) is 0 Å². The van der Waals surface area contributed by atoms with Crippen molar-refractivity contribution in [3.05, 3.63) is 138 Å². The Labute approximate surface area is 188 Å². The molecule has 160 valence electrons. The maximum absolute atomic E-state index is 13.6. The molecule has 4 heteroatoms. The molecule has 0 radical (unpaired) electrons. The number of hydrogen-bond donors (Lipinski definition) is 0. The molecule has 3 aromatic carbocycles. The maximum atomic E-state index is 13.6. The lowest BCUT2D eigenvalue weighted by molar-refractivity contribution is -0.127. The van der Waals surface area contributed by atoms with Gasteiger partial charge in [-0.3, -0.25) is 4.79 Å². The van der Waals surface area contributed by atoms with Crippen molar-refractivity contribution in [2.75, 3.05) is 0 Å². The summed E-state index contributed by atoms with van der Waals surface area (Å²) in [6.07, 6.45) is 5.43. The molecular formula is C28H25FN2O. The number of rotatable bonds is 8. The summed E-state index contributed by atoms with van der Waals surface area (Å²) in [7, 11) is 0. The van der Waals surface area contributed by atoms with E-state index in [4.69, 9.17) is 0 Å². The molecule has 1 amide bonds.